The van der Waals surface area contributed by atoms with Gasteiger partial charge < -0.3 is 23.5 Å². The standard InChI is InChI=1S/C37H40N2O8/c1-36(2,3)46-31(40)22-39-30-20-14-13-19-27(30)28(32(39)34(42)47-37(4,5)6)21-29(33(41)44-23-25-15-9-7-10-16-25)38-35(43)45-24-26-17-11-8-12-18-26/h7-21H,22-24H2,1-6H3,(H,38,43)/b29-21+. The number of nitrogens with zero attached hydrogens (tertiary/aromatic N) is 1. The van der Waals surface area contributed by atoms with Crippen molar-refractivity contribution in [3.63, 3.8) is 0 Å². The lowest BCUT2D eigenvalue weighted by Gasteiger charge is -2.22. The molecule has 3 aromatic carbocycles. The number of nitrogens with one attached hydrogen (secondary N) is 1. The van der Waals surface area contributed by atoms with Crippen LogP contribution in [-0.2, 0) is 48.3 Å². The predicted octanol–water partition coefficient (Wildman–Crippen LogP) is 6.95. The van der Waals surface area contributed by atoms with Crippen LogP contribution in [0.2, 0.25) is 0 Å². The number of esters is 3. The van der Waals surface area contributed by atoms with Gasteiger partial charge in [-0.05, 0) is 64.8 Å². The molecule has 0 aliphatic rings. The van der Waals surface area contributed by atoms with E-state index in [1.54, 1.807) is 90.1 Å². The average Bonchev–Trinajstić information content (AvgIpc) is 3.30. The zero-order valence-electron chi connectivity index (χ0n) is 27.5. The number of aromatic nitrogens is 1. The van der Waals surface area contributed by atoms with E-state index in [0.717, 1.165) is 11.1 Å². The molecule has 1 aromatic heterocycles. The van der Waals surface area contributed by atoms with E-state index in [0.29, 0.717) is 10.9 Å². The van der Waals surface area contributed by atoms with Gasteiger partial charge in [-0.25, -0.2) is 14.4 Å². The number of carbonyl (C=O) groups is 4. The number of ether oxygens (including phenoxy) is 4. The summed E-state index contributed by atoms with van der Waals surface area (Å²) >= 11 is 0. The van der Waals surface area contributed by atoms with Gasteiger partial charge >= 0.3 is 24.0 Å². The van der Waals surface area contributed by atoms with Crippen LogP contribution in [-0.4, -0.2) is 39.8 Å². The highest BCUT2D eigenvalue weighted by Gasteiger charge is 2.30. The van der Waals surface area contributed by atoms with Crippen LogP contribution in [0.1, 0.15) is 68.7 Å². The molecule has 0 radical (unpaired) electrons. The van der Waals surface area contributed by atoms with Gasteiger partial charge in [0, 0.05) is 16.5 Å². The second-order valence-corrected chi connectivity index (χ2v) is 12.8. The number of fused-ring (bicyclic) bond motifs is 1. The van der Waals surface area contributed by atoms with Crippen LogP contribution in [0.25, 0.3) is 17.0 Å². The quantitative estimate of drug-likeness (QED) is 0.112. The summed E-state index contributed by atoms with van der Waals surface area (Å²) in [6.07, 6.45) is 0.428. The molecule has 10 nitrogen and oxygen atoms in total. The summed E-state index contributed by atoms with van der Waals surface area (Å²) < 4.78 is 23.8. The molecule has 246 valence electrons. The third-order valence-electron chi connectivity index (χ3n) is 6.48. The van der Waals surface area contributed by atoms with Gasteiger partial charge in [0.25, 0.3) is 0 Å². The van der Waals surface area contributed by atoms with Crippen LogP contribution in [0.5, 0.6) is 0 Å². The molecule has 4 aromatic rings. The second-order valence-electron chi connectivity index (χ2n) is 12.8. The SMILES string of the molecule is CC(C)(C)OC(=O)Cn1c(C(=O)OC(C)(C)C)c(/C=C(/NC(=O)OCc2ccccc2)C(=O)OCc2ccccc2)c2ccccc21. The third-order valence-corrected chi connectivity index (χ3v) is 6.48. The molecule has 1 N–H and O–H groups in total. The Morgan fingerprint density at radius 3 is 1.81 bits per heavy atom. The summed E-state index contributed by atoms with van der Waals surface area (Å²) in [6, 6.07) is 25.1. The maximum atomic E-state index is 13.8. The monoisotopic (exact) mass is 640 g/mol. The van der Waals surface area contributed by atoms with Crippen molar-refractivity contribution < 1.29 is 38.1 Å². The van der Waals surface area contributed by atoms with Crippen molar-refractivity contribution in [1.29, 1.82) is 0 Å². The van der Waals surface area contributed by atoms with E-state index in [1.807, 2.05) is 36.4 Å². The zero-order valence-corrected chi connectivity index (χ0v) is 27.5. The van der Waals surface area contributed by atoms with Crippen molar-refractivity contribution in [3.8, 4) is 0 Å². The van der Waals surface area contributed by atoms with E-state index in [2.05, 4.69) is 5.32 Å². The smallest absolute Gasteiger partial charge is 0.412 e. The molecule has 47 heavy (non-hydrogen) atoms. The van der Waals surface area contributed by atoms with Crippen molar-refractivity contribution in [2.24, 2.45) is 0 Å². The summed E-state index contributed by atoms with van der Waals surface area (Å²) in [5.74, 6) is -2.19. The molecular formula is C37H40N2O8. The number of alkyl carbamates (subject to hydrolysis) is 1. The second kappa shape index (κ2) is 14.8. The predicted molar refractivity (Wildman–Crippen MR) is 177 cm³/mol. The maximum absolute atomic E-state index is 13.8. The number of carbonyl (C=O) groups excluding carboxylic acids is 4. The fraction of sp³-hybridized carbons (Fsp3) is 0.297. The first kappa shape index (κ1) is 34.5. The Kier molecular flexibility index (Phi) is 10.9. The highest BCUT2D eigenvalue weighted by molar-refractivity contribution is 6.07. The number of hydrogen-bond donors (Lipinski definition) is 1. The van der Waals surface area contributed by atoms with Crippen LogP contribution in [0.4, 0.5) is 4.79 Å². The first-order valence-electron chi connectivity index (χ1n) is 15.2. The third kappa shape index (κ3) is 10.1. The topological polar surface area (TPSA) is 122 Å². The summed E-state index contributed by atoms with van der Waals surface area (Å²) in [5, 5.41) is 3.02. The van der Waals surface area contributed by atoms with Gasteiger partial charge in [-0.3, -0.25) is 10.1 Å². The van der Waals surface area contributed by atoms with Crippen LogP contribution >= 0.6 is 0 Å². The van der Waals surface area contributed by atoms with Gasteiger partial charge in [-0.1, -0.05) is 78.9 Å². The Hall–Kier alpha value is -5.38. The van der Waals surface area contributed by atoms with Gasteiger partial charge in [0.2, 0.25) is 0 Å². The van der Waals surface area contributed by atoms with E-state index in [9.17, 15) is 19.2 Å². The van der Waals surface area contributed by atoms with E-state index in [1.165, 1.54) is 10.6 Å². The van der Waals surface area contributed by atoms with E-state index < -0.39 is 35.2 Å². The largest absolute Gasteiger partial charge is 0.459 e. The van der Waals surface area contributed by atoms with Crippen molar-refractivity contribution in [2.45, 2.75) is 72.5 Å². The highest BCUT2D eigenvalue weighted by Crippen LogP contribution is 2.31. The maximum Gasteiger partial charge on any atom is 0.412 e. The Bertz CT molecular complexity index is 1760. The molecule has 0 spiro atoms. The Balaban J connectivity index is 1.81. The van der Waals surface area contributed by atoms with Gasteiger partial charge in [-0.15, -0.1) is 0 Å². The molecular weight excluding hydrogens is 600 g/mol. The fourth-order valence-electron chi connectivity index (χ4n) is 4.65. The van der Waals surface area contributed by atoms with Crippen molar-refractivity contribution in [1.82, 2.24) is 9.88 Å². The minimum atomic E-state index is -0.909. The normalized spacial score (nSPS) is 11.9. The molecule has 0 fully saturated rings. The number of hydrogen-bond acceptors (Lipinski definition) is 8. The highest BCUT2D eigenvalue weighted by atomic mass is 16.6. The minimum Gasteiger partial charge on any atom is -0.459 e. The summed E-state index contributed by atoms with van der Waals surface area (Å²) in [4.78, 5) is 53.5. The number of para-hydroxylation sites is 1. The van der Waals surface area contributed by atoms with Crippen LogP contribution in [0.15, 0.2) is 90.6 Å². The molecule has 0 bridgehead atoms. The van der Waals surface area contributed by atoms with Crippen LogP contribution in [0, 0.1) is 0 Å². The van der Waals surface area contributed by atoms with E-state index in [4.69, 9.17) is 18.9 Å². The lowest BCUT2D eigenvalue weighted by molar-refractivity contribution is -0.155. The summed E-state index contributed by atoms with van der Waals surface area (Å²) in [7, 11) is 0. The number of rotatable bonds is 10. The molecule has 0 aliphatic heterocycles. The molecule has 0 saturated carbocycles. The van der Waals surface area contributed by atoms with Gasteiger partial charge in [0.15, 0.2) is 0 Å². The van der Waals surface area contributed by atoms with Crippen LogP contribution < -0.4 is 5.32 Å². The van der Waals surface area contributed by atoms with Gasteiger partial charge in [0.1, 0.15) is 42.4 Å². The average molecular weight is 641 g/mol. The first-order valence-corrected chi connectivity index (χ1v) is 15.2. The first-order chi connectivity index (χ1) is 22.2. The van der Waals surface area contributed by atoms with Crippen molar-refractivity contribution >= 4 is 41.0 Å². The Morgan fingerprint density at radius 1 is 0.702 bits per heavy atom. The molecule has 1 heterocycles. The van der Waals surface area contributed by atoms with E-state index in [-0.39, 0.29) is 36.7 Å². The molecule has 0 aliphatic carbocycles. The minimum absolute atomic E-state index is 0.0141. The number of amides is 1. The van der Waals surface area contributed by atoms with Crippen LogP contribution in [0.3, 0.4) is 0 Å². The Morgan fingerprint density at radius 2 is 1.23 bits per heavy atom. The van der Waals surface area contributed by atoms with Crippen molar-refractivity contribution in [3.05, 3.63) is 113 Å². The molecule has 1 amide bonds. The zero-order chi connectivity index (χ0) is 34.2. The lowest BCUT2D eigenvalue weighted by Crippen LogP contribution is -2.30. The molecule has 0 saturated heterocycles. The summed E-state index contributed by atoms with van der Waals surface area (Å²) in [5.41, 5.74) is 0.260. The fourth-order valence-corrected chi connectivity index (χ4v) is 4.65. The molecule has 0 unspecified atom stereocenters. The van der Waals surface area contributed by atoms with Crippen molar-refractivity contribution in [2.75, 3.05) is 0 Å². The molecule has 4 rings (SSSR count). The molecule has 10 heteroatoms. The van der Waals surface area contributed by atoms with Gasteiger partial charge in [-0.2, -0.15) is 0 Å². The number of benzene rings is 3. The summed E-state index contributed by atoms with van der Waals surface area (Å²) in [6.45, 7) is 9.97. The molecule has 0 atom stereocenters. The van der Waals surface area contributed by atoms with E-state index >= 15 is 0 Å². The Labute approximate surface area is 274 Å². The van der Waals surface area contributed by atoms with Gasteiger partial charge in [0.05, 0.1) is 0 Å². The lowest BCUT2D eigenvalue weighted by atomic mass is 10.1.